The van der Waals surface area contributed by atoms with Crippen molar-refractivity contribution in [3.63, 3.8) is 0 Å². The van der Waals surface area contributed by atoms with E-state index in [-0.39, 0.29) is 104 Å². The molecule has 0 aromatic rings. The summed E-state index contributed by atoms with van der Waals surface area (Å²) in [6.45, 7) is 82.0. The van der Waals surface area contributed by atoms with Gasteiger partial charge < -0.3 is 116 Å². The summed E-state index contributed by atoms with van der Waals surface area (Å²) in [5.41, 5.74) is -0.610. The normalized spacial score (nSPS) is 29.5. The molecule has 12 aliphatic heterocycles. The lowest BCUT2D eigenvalue weighted by atomic mass is 9.70. The molecule has 0 bridgehead atoms. The molecule has 12 heterocycles. The van der Waals surface area contributed by atoms with E-state index in [4.69, 9.17) is 69.8 Å². The number of hydrogen-bond acceptors (Lipinski definition) is 22. The summed E-state index contributed by atoms with van der Waals surface area (Å²) in [6, 6.07) is 4.73. The Kier molecular flexibility index (Phi) is 53.8. The van der Waals surface area contributed by atoms with Crippen LogP contribution in [-0.4, -0.2) is 429 Å². The summed E-state index contributed by atoms with van der Waals surface area (Å²) in [4.78, 5) is 14.0. The van der Waals surface area contributed by atoms with Crippen LogP contribution in [0.2, 0.25) is 0 Å². The summed E-state index contributed by atoms with van der Waals surface area (Å²) in [5, 5.41) is 65.1. The molecule has 0 aromatic carbocycles. The summed E-state index contributed by atoms with van der Waals surface area (Å²) in [7, 11) is 28.5. The molecule has 0 spiro atoms. The number of hydrogen-bond donors (Lipinski definition) is 13. The van der Waals surface area contributed by atoms with Crippen molar-refractivity contribution in [3.05, 3.63) is 11.4 Å². The maximum Gasteiger partial charge on any atom is 0.289 e. The molecule has 6 atom stereocenters. The minimum absolute atomic E-state index is 0. The molecule has 12 saturated heterocycles. The molecule has 6 unspecified atom stereocenters. The van der Waals surface area contributed by atoms with E-state index < -0.39 is 11.2 Å². The van der Waals surface area contributed by atoms with Gasteiger partial charge in [-0.2, -0.15) is 15.4 Å². The lowest BCUT2D eigenvalue weighted by Crippen LogP contribution is -3.25. The van der Waals surface area contributed by atoms with Gasteiger partial charge in [-0.3, -0.25) is 29.8 Å². The molecule has 0 amide bonds. The lowest BCUT2D eigenvalue weighted by molar-refractivity contribution is -1.16. The molecule has 12 fully saturated rings. The van der Waals surface area contributed by atoms with Gasteiger partial charge in [0.2, 0.25) is 0 Å². The molecule has 0 aromatic heterocycles. The van der Waals surface area contributed by atoms with E-state index >= 15 is 0 Å². The highest BCUT2D eigenvalue weighted by Crippen LogP contribution is 2.45. The first-order chi connectivity index (χ1) is 59.3. The number of halogens is 6. The zero-order valence-corrected chi connectivity index (χ0v) is 95.9. The molecule has 133 heavy (non-hydrogen) atoms. The van der Waals surface area contributed by atoms with Crippen LogP contribution >= 0.6 is 34.8 Å². The largest absolute Gasteiger partial charge is 1.00 e. The van der Waals surface area contributed by atoms with Crippen molar-refractivity contribution in [3.8, 4) is 6.07 Å². The number of piperidine rings is 6. The fourth-order valence-corrected chi connectivity index (χ4v) is 21.7. The monoisotopic (exact) mass is 2010 g/mol. The fourth-order valence-electron chi connectivity index (χ4n) is 21.2. The second-order valence-electron chi connectivity index (χ2n) is 51.0. The molecule has 34 heteroatoms. The van der Waals surface area contributed by atoms with Gasteiger partial charge in [-0.1, -0.05) is 0 Å². The zero-order valence-electron chi connectivity index (χ0n) is 91.4. The first-order valence-corrected chi connectivity index (χ1v) is 51.2. The van der Waals surface area contributed by atoms with Crippen LogP contribution in [-0.2, 0) is 28.4 Å². The van der Waals surface area contributed by atoms with E-state index in [1.54, 1.807) is 0 Å². The Morgan fingerprint density at radius 3 is 0.729 bits per heavy atom. The highest BCUT2D eigenvalue weighted by Gasteiger charge is 2.57. The van der Waals surface area contributed by atoms with E-state index in [1.165, 1.54) is 25.7 Å². The Morgan fingerprint density at radius 2 is 0.541 bits per heavy atom. The number of alkyl halides is 3. The molecule has 0 radical (unpaired) electrons. The standard InChI is InChI=1S/C26H49N7.C24H51N5.C22H47N5O2.3C6H14NO.3C3H5ClO.3ClH/c1-21(2)16-25(20-27,17-22(3,4)32(21)10)30-14-12-29-13-15-31-26(28-9)18-23(5,6)33(11)24(7,8)19-26;1-21(2)15-19(16-22(3,4)28(21)9)26-13-11-25-12-14-27-20-17-23(5,6)29(10)24(7,8)18-20;1-19(2)13-17(14-20(3,4)26(19)28)24-11-9-23-10-12-25-18-15-21(5,6)27(29)22(7,8)16-18;3*1-7(2,3)4-6-5-8-6;3*4-1-3-2-5-3;;;/h29-31H,12-19H2,1-8,10-11H3;19-20,25-27H,11-18H2,1-10H3;17-18,23-25,28-29H,9-16H2,1-8H3;3*6H,4-5H2,1-3H3;3*3H,1-2H2;3*1H/q;;;3*+1;;;;;;/p-1. The van der Waals surface area contributed by atoms with Crippen molar-refractivity contribution >= 4 is 34.8 Å². The number of ether oxygens (including phenoxy) is 6. The number of hydroxylamine groups is 4. The van der Waals surface area contributed by atoms with Gasteiger partial charge in [0.1, 0.15) is 65.6 Å². The Morgan fingerprint density at radius 1 is 0.338 bits per heavy atom. The Hall–Kier alpha value is -0.320. The summed E-state index contributed by atoms with van der Waals surface area (Å²) in [6.07, 6.45) is 15.0. The van der Waals surface area contributed by atoms with E-state index in [9.17, 15) is 15.7 Å². The number of nitrogens with one attached hydrogen (secondary N) is 11. The highest BCUT2D eigenvalue weighted by atomic mass is 35.5. The number of likely N-dealkylation sites (tertiary alicyclic amines) is 4. The quantitative estimate of drug-likeness (QED) is 0.0126. The average molecular weight is 2020 g/mol. The lowest BCUT2D eigenvalue weighted by Gasteiger charge is -2.56. The third kappa shape index (κ3) is 49.0. The summed E-state index contributed by atoms with van der Waals surface area (Å²) in [5.74, 6) is 2.00. The summed E-state index contributed by atoms with van der Waals surface area (Å²) < 4.78 is 32.4. The number of rotatable bonds is 33. The number of likely N-dealkylation sites (N-methyl/N-ethyl adjacent to an activating group) is 3. The van der Waals surface area contributed by atoms with Crippen molar-refractivity contribution in [2.24, 2.45) is 0 Å². The van der Waals surface area contributed by atoms with Crippen molar-refractivity contribution in [1.82, 2.24) is 67.5 Å². The van der Waals surface area contributed by atoms with Crippen LogP contribution in [0.25, 0.3) is 4.85 Å². The number of epoxide rings is 6. The van der Waals surface area contributed by atoms with Crippen LogP contribution in [0, 0.1) is 17.9 Å². The topological polar surface area (TPSA) is 274 Å². The number of nitrogens with zero attached hydrogens (tertiary/aromatic N) is 9. The molecule has 28 nitrogen and oxygen atoms in total. The molecule has 0 aliphatic carbocycles. The van der Waals surface area contributed by atoms with Gasteiger partial charge in [-0.05, 0) is 233 Å². The minimum Gasteiger partial charge on any atom is -1.00 e. The first-order valence-electron chi connectivity index (χ1n) is 49.6. The van der Waals surface area contributed by atoms with Crippen LogP contribution in [0.15, 0.2) is 0 Å². The van der Waals surface area contributed by atoms with Crippen molar-refractivity contribution in [2.45, 2.75) is 382 Å². The second kappa shape index (κ2) is 54.7. The van der Waals surface area contributed by atoms with Crippen molar-refractivity contribution in [1.29, 1.82) is 5.26 Å². The molecule has 0 saturated carbocycles. The highest BCUT2D eigenvalue weighted by molar-refractivity contribution is 6.18. The van der Waals surface area contributed by atoms with Gasteiger partial charge >= 0.3 is 0 Å². The smallest absolute Gasteiger partial charge is 0.289 e. The predicted molar refractivity (Wildman–Crippen MR) is 540 cm³/mol. The maximum atomic E-state index is 10.5. The SMILES string of the molecule is CC1(C)CC(NCCNCCNC2CC(C)(C)[NH+](O)C(C)(C)C2)CC(C)(C)[NH+]1O.CN1C(C)(C)CC(NCCNCCNC2CC(C)(C)N(C)C(C)(C)C2)CC1(C)C.C[N+](C)(C)CC1CO1.C[N+](C)(C)CC1CO1.C[N+](C)(C)CC1CO1.ClCC1CO1.ClCC1CO1.ClCC1CO1.[C-]#[N+]C1(NCCNCCNC2(C#N)CC(C)(C)N(C)C(C)(C)C2)CC(C)(C)N(C)C(C)(C)C1.[Cl-].[Cl-].[Cl-]. The zero-order chi connectivity index (χ0) is 99.2. The number of nitriles is 1. The van der Waals surface area contributed by atoms with Crippen LogP contribution in [0.3, 0.4) is 0 Å². The van der Waals surface area contributed by atoms with Crippen LogP contribution in [0.5, 0.6) is 0 Å². The molecule has 12 rings (SSSR count). The first kappa shape index (κ1) is 131. The fraction of sp³-hybridized carbons (Fsp3) is 0.980. The second-order valence-corrected chi connectivity index (χ2v) is 51.9. The molecular weight excluding hydrogens is 1810 g/mol. The van der Waals surface area contributed by atoms with Crippen LogP contribution in [0.1, 0.15) is 243 Å². The molecule has 790 valence electrons. The Bertz CT molecular complexity index is 2880. The third-order valence-corrected chi connectivity index (χ3v) is 29.9. The average Bonchev–Trinajstić information content (AvgIpc) is 1.25. The van der Waals surface area contributed by atoms with Crippen LogP contribution in [0.4, 0.5) is 0 Å². The van der Waals surface area contributed by atoms with E-state index in [0.717, 1.165) is 203 Å². The van der Waals surface area contributed by atoms with Gasteiger partial charge in [-0.25, -0.2) is 22.3 Å². The van der Waals surface area contributed by atoms with Gasteiger partial charge in [0, 0.05) is 173 Å². The van der Waals surface area contributed by atoms with Gasteiger partial charge in [0.15, 0.2) is 0 Å². The molecule has 12 aliphatic rings. The third-order valence-electron chi connectivity index (χ3n) is 28.8. The summed E-state index contributed by atoms with van der Waals surface area (Å²) >= 11 is 15.8. The van der Waals surface area contributed by atoms with Gasteiger partial charge in [0.25, 0.3) is 5.66 Å². The van der Waals surface area contributed by atoms with Crippen molar-refractivity contribution in [2.75, 3.05) is 247 Å². The minimum atomic E-state index is -0.518. The Balaban J connectivity index is 0.000000815. The van der Waals surface area contributed by atoms with E-state index in [0.29, 0.717) is 88.6 Å². The van der Waals surface area contributed by atoms with E-state index in [2.05, 4.69) is 336 Å². The van der Waals surface area contributed by atoms with Crippen molar-refractivity contribution < 1.29 is 99.6 Å². The van der Waals surface area contributed by atoms with Crippen LogP contribution < -0.4 is 95.2 Å². The molecule has 13 N–H and O–H groups in total. The maximum absolute atomic E-state index is 10.5. The van der Waals surface area contributed by atoms with Gasteiger partial charge in [-0.15, -0.1) is 34.8 Å². The van der Waals surface area contributed by atoms with Gasteiger partial charge in [0.05, 0.1) is 158 Å². The Labute approximate surface area is 847 Å². The van der Waals surface area contributed by atoms with E-state index in [1.807, 2.05) is 0 Å². The predicted octanol–water partition coefficient (Wildman–Crippen LogP) is -0.842. The molecular formula is C99H206Cl6N20O8+2. The number of quaternary nitrogens is 5.